The average Bonchev–Trinajstić information content (AvgIpc) is 2.68. The molecule has 17 heavy (non-hydrogen) atoms. The summed E-state index contributed by atoms with van der Waals surface area (Å²) in [4.78, 5) is 16.4. The van der Waals surface area contributed by atoms with Crippen molar-refractivity contribution in [3.8, 4) is 0 Å². The van der Waals surface area contributed by atoms with Crippen molar-refractivity contribution in [3.63, 3.8) is 0 Å². The van der Waals surface area contributed by atoms with Gasteiger partial charge in [-0.3, -0.25) is 4.79 Å². The molecular formula is C14H26N2O. The lowest BCUT2D eigenvalue weighted by molar-refractivity contribution is -0.121. The summed E-state index contributed by atoms with van der Waals surface area (Å²) in [6.45, 7) is 4.64. The number of hydrogen-bond acceptors (Lipinski definition) is 3. The highest BCUT2D eigenvalue weighted by Crippen LogP contribution is 2.23. The van der Waals surface area contributed by atoms with Gasteiger partial charge in [-0.05, 0) is 58.8 Å². The second-order valence-electron chi connectivity index (χ2n) is 6.02. The summed E-state index contributed by atoms with van der Waals surface area (Å²) in [5.74, 6) is 1.68. The summed E-state index contributed by atoms with van der Waals surface area (Å²) in [5, 5.41) is 0. The molecule has 0 N–H and O–H groups in total. The zero-order valence-corrected chi connectivity index (χ0v) is 11.3. The van der Waals surface area contributed by atoms with E-state index >= 15 is 0 Å². The van der Waals surface area contributed by atoms with E-state index in [1.54, 1.807) is 0 Å². The lowest BCUT2D eigenvalue weighted by Gasteiger charge is -2.32. The average molecular weight is 238 g/mol. The van der Waals surface area contributed by atoms with Crippen LogP contribution in [0.1, 0.15) is 32.1 Å². The molecule has 3 nitrogen and oxygen atoms in total. The van der Waals surface area contributed by atoms with Gasteiger partial charge in [0.05, 0.1) is 0 Å². The van der Waals surface area contributed by atoms with Gasteiger partial charge < -0.3 is 9.80 Å². The number of carbonyl (C=O) groups is 1. The van der Waals surface area contributed by atoms with Gasteiger partial charge in [0.2, 0.25) is 0 Å². The predicted octanol–water partition coefficient (Wildman–Crippen LogP) is 1.63. The first-order chi connectivity index (χ1) is 8.15. The van der Waals surface area contributed by atoms with E-state index in [4.69, 9.17) is 0 Å². The van der Waals surface area contributed by atoms with E-state index in [1.807, 2.05) is 0 Å². The molecule has 2 rings (SSSR count). The maximum atomic E-state index is 11.6. The molecule has 0 spiro atoms. The van der Waals surface area contributed by atoms with Gasteiger partial charge in [-0.1, -0.05) is 0 Å². The van der Waals surface area contributed by atoms with E-state index in [2.05, 4.69) is 23.9 Å². The molecule has 2 fully saturated rings. The molecule has 0 radical (unpaired) electrons. The van der Waals surface area contributed by atoms with Crippen LogP contribution in [0, 0.1) is 11.8 Å². The molecule has 0 aromatic heterocycles. The van der Waals surface area contributed by atoms with Crippen LogP contribution in [0.3, 0.4) is 0 Å². The highest BCUT2D eigenvalue weighted by Gasteiger charge is 2.26. The third-order valence-corrected chi connectivity index (χ3v) is 4.37. The minimum absolute atomic E-state index is 0.339. The summed E-state index contributed by atoms with van der Waals surface area (Å²) in [6, 6.07) is 0. The van der Waals surface area contributed by atoms with Gasteiger partial charge >= 0.3 is 0 Å². The van der Waals surface area contributed by atoms with Crippen molar-refractivity contribution in [2.75, 3.05) is 40.3 Å². The molecule has 1 saturated heterocycles. The lowest BCUT2D eigenvalue weighted by atomic mass is 9.96. The Hall–Kier alpha value is -0.410. The Kier molecular flexibility index (Phi) is 4.57. The Bertz CT molecular complexity index is 259. The van der Waals surface area contributed by atoms with E-state index in [9.17, 15) is 4.79 Å². The number of hydrogen-bond donors (Lipinski definition) is 0. The van der Waals surface area contributed by atoms with Crippen molar-refractivity contribution in [1.29, 1.82) is 0 Å². The third kappa shape index (κ3) is 3.78. The lowest BCUT2D eigenvalue weighted by Crippen LogP contribution is -2.37. The van der Waals surface area contributed by atoms with Crippen LogP contribution in [-0.4, -0.2) is 55.9 Å². The second-order valence-corrected chi connectivity index (χ2v) is 6.02. The van der Waals surface area contributed by atoms with Gasteiger partial charge in [0.25, 0.3) is 0 Å². The fourth-order valence-corrected chi connectivity index (χ4v) is 3.22. The van der Waals surface area contributed by atoms with Crippen molar-refractivity contribution < 1.29 is 4.79 Å². The monoisotopic (exact) mass is 238 g/mol. The Morgan fingerprint density at radius 1 is 1.24 bits per heavy atom. The number of rotatable bonds is 4. The molecule has 1 saturated carbocycles. The maximum Gasteiger partial charge on any atom is 0.137 e. The number of Topliss-reactive ketones (excluding diaryl/α,β-unsaturated/α-hetero) is 1. The molecule has 1 aliphatic heterocycles. The van der Waals surface area contributed by atoms with Crippen LogP contribution in [0.5, 0.6) is 0 Å². The van der Waals surface area contributed by atoms with Crippen LogP contribution in [0.2, 0.25) is 0 Å². The fourth-order valence-electron chi connectivity index (χ4n) is 3.22. The normalized spacial score (nSPS) is 28.2. The van der Waals surface area contributed by atoms with E-state index in [0.29, 0.717) is 11.7 Å². The van der Waals surface area contributed by atoms with Gasteiger partial charge in [0.1, 0.15) is 5.78 Å². The molecule has 3 heteroatoms. The Morgan fingerprint density at radius 2 is 1.94 bits per heavy atom. The molecule has 0 amide bonds. The van der Waals surface area contributed by atoms with Crippen LogP contribution in [-0.2, 0) is 4.79 Å². The number of carbonyl (C=O) groups excluding carboxylic acids is 1. The van der Waals surface area contributed by atoms with E-state index in [0.717, 1.165) is 31.7 Å². The highest BCUT2D eigenvalue weighted by atomic mass is 16.1. The minimum Gasteiger partial charge on any atom is -0.306 e. The molecule has 1 heterocycles. The molecule has 0 aromatic rings. The fraction of sp³-hybridized carbons (Fsp3) is 0.929. The number of likely N-dealkylation sites (tertiary alicyclic amines) is 1. The van der Waals surface area contributed by atoms with Gasteiger partial charge in [-0.2, -0.15) is 0 Å². The van der Waals surface area contributed by atoms with Crippen LogP contribution in [0.15, 0.2) is 0 Å². The first-order valence-electron chi connectivity index (χ1n) is 7.05. The maximum absolute atomic E-state index is 11.6. The molecule has 1 unspecified atom stereocenters. The smallest absolute Gasteiger partial charge is 0.137 e. The molecule has 0 bridgehead atoms. The van der Waals surface area contributed by atoms with Crippen LogP contribution in [0.25, 0.3) is 0 Å². The summed E-state index contributed by atoms with van der Waals surface area (Å²) >= 11 is 0. The molecular weight excluding hydrogens is 212 g/mol. The largest absolute Gasteiger partial charge is 0.306 e. The van der Waals surface area contributed by atoms with E-state index in [-0.39, 0.29) is 0 Å². The van der Waals surface area contributed by atoms with Crippen molar-refractivity contribution in [2.45, 2.75) is 32.1 Å². The summed E-state index contributed by atoms with van der Waals surface area (Å²) in [5.41, 5.74) is 0. The van der Waals surface area contributed by atoms with Crippen LogP contribution < -0.4 is 0 Å². The number of piperidine rings is 1. The zero-order chi connectivity index (χ0) is 12.3. The molecule has 2 aliphatic rings. The Morgan fingerprint density at radius 3 is 2.53 bits per heavy atom. The van der Waals surface area contributed by atoms with Gasteiger partial charge in [-0.15, -0.1) is 0 Å². The molecule has 1 atom stereocenters. The molecule has 98 valence electrons. The summed E-state index contributed by atoms with van der Waals surface area (Å²) < 4.78 is 0. The SMILES string of the molecule is CN1CCC(CN(C)CC2CCCC2=O)CC1. The third-order valence-electron chi connectivity index (χ3n) is 4.37. The first kappa shape index (κ1) is 13.0. The van der Waals surface area contributed by atoms with Crippen molar-refractivity contribution in [1.82, 2.24) is 9.80 Å². The van der Waals surface area contributed by atoms with Gasteiger partial charge in [0.15, 0.2) is 0 Å². The van der Waals surface area contributed by atoms with Crippen LogP contribution >= 0.6 is 0 Å². The highest BCUT2D eigenvalue weighted by molar-refractivity contribution is 5.83. The number of ketones is 1. The Balaban J connectivity index is 1.69. The van der Waals surface area contributed by atoms with Gasteiger partial charge in [0, 0.05) is 25.4 Å². The van der Waals surface area contributed by atoms with Crippen LogP contribution in [0.4, 0.5) is 0 Å². The summed E-state index contributed by atoms with van der Waals surface area (Å²) in [7, 11) is 4.39. The predicted molar refractivity (Wildman–Crippen MR) is 70.1 cm³/mol. The summed E-state index contributed by atoms with van der Waals surface area (Å²) in [6.07, 6.45) is 5.70. The minimum atomic E-state index is 0.339. The van der Waals surface area contributed by atoms with E-state index in [1.165, 1.54) is 32.5 Å². The van der Waals surface area contributed by atoms with Crippen molar-refractivity contribution in [2.24, 2.45) is 11.8 Å². The second kappa shape index (κ2) is 5.96. The quantitative estimate of drug-likeness (QED) is 0.744. The van der Waals surface area contributed by atoms with Crippen molar-refractivity contribution >= 4 is 5.78 Å². The molecule has 0 aromatic carbocycles. The topological polar surface area (TPSA) is 23.6 Å². The van der Waals surface area contributed by atoms with Crippen molar-refractivity contribution in [3.05, 3.63) is 0 Å². The standard InChI is InChI=1S/C14H26N2O/c1-15-8-6-12(7-9-15)10-16(2)11-13-4-3-5-14(13)17/h12-13H,3-11H2,1-2H3. The Labute approximate surface area is 105 Å². The zero-order valence-electron chi connectivity index (χ0n) is 11.3. The number of nitrogens with zero attached hydrogens (tertiary/aromatic N) is 2. The van der Waals surface area contributed by atoms with E-state index < -0.39 is 0 Å². The van der Waals surface area contributed by atoms with Gasteiger partial charge in [-0.25, -0.2) is 0 Å². The molecule has 1 aliphatic carbocycles. The first-order valence-corrected chi connectivity index (χ1v) is 7.05.